The van der Waals surface area contributed by atoms with E-state index < -0.39 is 12.1 Å². The second kappa shape index (κ2) is 45.0. The van der Waals surface area contributed by atoms with E-state index in [-0.39, 0.29) is 12.5 Å². The Hall–Kier alpha value is -1.39. The fraction of sp³-hybridized carbons (Fsp3) is 0.857. The van der Waals surface area contributed by atoms with Gasteiger partial charge < -0.3 is 15.5 Å². The molecule has 0 fully saturated rings. The van der Waals surface area contributed by atoms with E-state index in [0.717, 1.165) is 44.9 Å². The van der Waals surface area contributed by atoms with Crippen molar-refractivity contribution in [2.24, 2.45) is 0 Å². The van der Waals surface area contributed by atoms with Gasteiger partial charge in [-0.15, -0.1) is 0 Å². The van der Waals surface area contributed by atoms with Gasteiger partial charge in [-0.3, -0.25) is 4.79 Å². The van der Waals surface area contributed by atoms with Crippen molar-refractivity contribution in [3.63, 3.8) is 0 Å². The van der Waals surface area contributed by atoms with Crippen molar-refractivity contribution in [3.05, 3.63) is 36.5 Å². The van der Waals surface area contributed by atoms with Gasteiger partial charge in [0, 0.05) is 6.42 Å². The topological polar surface area (TPSA) is 69.6 Å². The van der Waals surface area contributed by atoms with Gasteiger partial charge in [0.2, 0.25) is 5.91 Å². The molecule has 0 rings (SSSR count). The molecule has 0 aliphatic heterocycles. The molecule has 0 heterocycles. The summed E-state index contributed by atoms with van der Waals surface area (Å²) in [6, 6.07) is -0.629. The van der Waals surface area contributed by atoms with E-state index in [1.807, 2.05) is 6.08 Å². The molecule has 0 bridgehead atoms. The van der Waals surface area contributed by atoms with Gasteiger partial charge in [0.25, 0.3) is 0 Å². The van der Waals surface area contributed by atoms with Gasteiger partial charge in [-0.2, -0.15) is 0 Å². The van der Waals surface area contributed by atoms with Crippen molar-refractivity contribution in [2.45, 2.75) is 264 Å². The molecule has 0 saturated heterocycles. The van der Waals surface area contributed by atoms with Crippen molar-refractivity contribution < 1.29 is 15.0 Å². The summed E-state index contributed by atoms with van der Waals surface area (Å²) in [6.45, 7) is 4.27. The first kappa shape index (κ1) is 51.6. The van der Waals surface area contributed by atoms with Crippen LogP contribution in [-0.4, -0.2) is 34.9 Å². The van der Waals surface area contributed by atoms with Crippen molar-refractivity contribution in [3.8, 4) is 0 Å². The molecule has 0 saturated carbocycles. The number of hydrogen-bond acceptors (Lipinski definition) is 3. The predicted molar refractivity (Wildman–Crippen MR) is 235 cm³/mol. The van der Waals surface area contributed by atoms with Crippen molar-refractivity contribution in [2.75, 3.05) is 6.61 Å². The Balaban J connectivity index is 3.50. The minimum absolute atomic E-state index is 0.0772. The molecule has 1 amide bonds. The number of rotatable bonds is 43. The van der Waals surface area contributed by atoms with Crippen molar-refractivity contribution in [1.82, 2.24) is 5.32 Å². The molecule has 0 aromatic rings. The number of amides is 1. The molecule has 53 heavy (non-hydrogen) atoms. The number of hydrogen-bond donors (Lipinski definition) is 3. The Morgan fingerprint density at radius 2 is 0.792 bits per heavy atom. The van der Waals surface area contributed by atoms with E-state index in [0.29, 0.717) is 6.42 Å². The summed E-state index contributed by atoms with van der Waals surface area (Å²) in [4.78, 5) is 12.4. The molecule has 4 heteroatoms. The van der Waals surface area contributed by atoms with Crippen LogP contribution in [-0.2, 0) is 4.79 Å². The van der Waals surface area contributed by atoms with Gasteiger partial charge >= 0.3 is 0 Å². The van der Waals surface area contributed by atoms with E-state index in [2.05, 4.69) is 43.5 Å². The third-order valence-corrected chi connectivity index (χ3v) is 10.9. The molecular formula is C49H93NO3. The zero-order chi connectivity index (χ0) is 38.6. The zero-order valence-electron chi connectivity index (χ0n) is 35.8. The molecule has 312 valence electrons. The lowest BCUT2D eigenvalue weighted by atomic mass is 10.0. The summed E-state index contributed by atoms with van der Waals surface area (Å²) >= 11 is 0. The van der Waals surface area contributed by atoms with Crippen LogP contribution in [0.4, 0.5) is 0 Å². The van der Waals surface area contributed by atoms with Crippen LogP contribution in [0.5, 0.6) is 0 Å². The van der Waals surface area contributed by atoms with Crippen LogP contribution >= 0.6 is 0 Å². The van der Waals surface area contributed by atoms with Gasteiger partial charge in [-0.25, -0.2) is 0 Å². The summed E-state index contributed by atoms with van der Waals surface area (Å²) in [6.07, 6.45) is 59.9. The number of aliphatic hydroxyl groups is 2. The first-order chi connectivity index (χ1) is 26.2. The van der Waals surface area contributed by atoms with Crippen LogP contribution < -0.4 is 5.32 Å². The van der Waals surface area contributed by atoms with E-state index in [9.17, 15) is 15.0 Å². The van der Waals surface area contributed by atoms with Crippen LogP contribution in [0.25, 0.3) is 0 Å². The first-order valence-corrected chi connectivity index (χ1v) is 23.7. The van der Waals surface area contributed by atoms with Gasteiger partial charge in [0.15, 0.2) is 0 Å². The minimum Gasteiger partial charge on any atom is -0.394 e. The SMILES string of the molecule is CCCC/C=C\C/C=C\CCCCCCCC(=O)NC(CO)C(O)/C=C/CCCCCCCCCCCCCCCCCCCCCCCCCCC. The fourth-order valence-electron chi connectivity index (χ4n) is 7.20. The minimum atomic E-state index is -0.844. The molecule has 3 N–H and O–H groups in total. The maximum absolute atomic E-state index is 12.4. The van der Waals surface area contributed by atoms with Crippen LogP contribution in [0, 0.1) is 0 Å². The van der Waals surface area contributed by atoms with Crippen LogP contribution in [0.1, 0.15) is 251 Å². The summed E-state index contributed by atoms with van der Waals surface area (Å²) in [5.74, 6) is -0.0772. The van der Waals surface area contributed by atoms with E-state index in [4.69, 9.17) is 0 Å². The molecule has 0 aromatic carbocycles. The molecular weight excluding hydrogens is 651 g/mol. The molecule has 0 aliphatic carbocycles. The van der Waals surface area contributed by atoms with Crippen LogP contribution in [0.2, 0.25) is 0 Å². The Bertz CT molecular complexity index is 806. The van der Waals surface area contributed by atoms with Crippen molar-refractivity contribution >= 4 is 5.91 Å². The lowest BCUT2D eigenvalue weighted by Gasteiger charge is -2.20. The normalized spacial score (nSPS) is 13.2. The fourth-order valence-corrected chi connectivity index (χ4v) is 7.20. The smallest absolute Gasteiger partial charge is 0.220 e. The second-order valence-corrected chi connectivity index (χ2v) is 16.2. The maximum Gasteiger partial charge on any atom is 0.220 e. The summed E-state index contributed by atoms with van der Waals surface area (Å²) < 4.78 is 0. The molecule has 0 aliphatic rings. The van der Waals surface area contributed by atoms with Crippen LogP contribution in [0.3, 0.4) is 0 Å². The van der Waals surface area contributed by atoms with Gasteiger partial charge in [0.05, 0.1) is 18.8 Å². The quantitative estimate of drug-likeness (QED) is 0.0430. The maximum atomic E-state index is 12.4. The van der Waals surface area contributed by atoms with E-state index in [1.54, 1.807) is 6.08 Å². The number of carbonyl (C=O) groups is 1. The molecule has 4 nitrogen and oxygen atoms in total. The molecule has 0 aromatic heterocycles. The Morgan fingerprint density at radius 1 is 0.453 bits per heavy atom. The van der Waals surface area contributed by atoms with Gasteiger partial charge in [0.1, 0.15) is 0 Å². The second-order valence-electron chi connectivity index (χ2n) is 16.2. The summed E-state index contributed by atoms with van der Waals surface area (Å²) in [5, 5.41) is 23.0. The highest BCUT2D eigenvalue weighted by molar-refractivity contribution is 5.76. The third kappa shape index (κ3) is 41.6. The highest BCUT2D eigenvalue weighted by Crippen LogP contribution is 2.16. The molecule has 2 unspecified atom stereocenters. The first-order valence-electron chi connectivity index (χ1n) is 23.7. The van der Waals surface area contributed by atoms with Crippen LogP contribution in [0.15, 0.2) is 36.5 Å². The highest BCUT2D eigenvalue weighted by atomic mass is 16.3. The lowest BCUT2D eigenvalue weighted by molar-refractivity contribution is -0.123. The average Bonchev–Trinajstić information content (AvgIpc) is 3.16. The van der Waals surface area contributed by atoms with Gasteiger partial charge in [-0.05, 0) is 44.9 Å². The number of unbranched alkanes of at least 4 members (excludes halogenated alkanes) is 32. The zero-order valence-corrected chi connectivity index (χ0v) is 35.8. The Labute approximate surface area is 331 Å². The highest BCUT2D eigenvalue weighted by Gasteiger charge is 2.17. The lowest BCUT2D eigenvalue weighted by Crippen LogP contribution is -2.45. The molecule has 0 spiro atoms. The standard InChI is InChI=1S/C49H93NO3/c1-3-5-7-9-11-13-15-17-19-20-21-22-23-24-25-26-27-28-29-30-31-32-34-36-38-40-42-44-48(52)47(46-51)50-49(53)45-43-41-39-37-35-33-18-16-14-12-10-8-6-4-2/h10,12,16,18,42,44,47-48,51-52H,3-9,11,13-15,17,19-41,43,45-46H2,1-2H3,(H,50,53)/b12-10-,18-16-,44-42+. The predicted octanol–water partition coefficient (Wildman–Crippen LogP) is 15.0. The summed E-state index contributed by atoms with van der Waals surface area (Å²) in [5.41, 5.74) is 0. The number of aliphatic hydroxyl groups excluding tert-OH is 2. The monoisotopic (exact) mass is 744 g/mol. The average molecular weight is 744 g/mol. The Morgan fingerprint density at radius 3 is 1.19 bits per heavy atom. The largest absolute Gasteiger partial charge is 0.394 e. The van der Waals surface area contributed by atoms with E-state index in [1.165, 1.54) is 186 Å². The van der Waals surface area contributed by atoms with E-state index >= 15 is 0 Å². The van der Waals surface area contributed by atoms with Gasteiger partial charge in [-0.1, -0.05) is 237 Å². The third-order valence-electron chi connectivity index (χ3n) is 10.9. The molecule has 2 atom stereocenters. The number of carbonyl (C=O) groups excluding carboxylic acids is 1. The number of allylic oxidation sites excluding steroid dienone is 5. The van der Waals surface area contributed by atoms with Crippen molar-refractivity contribution in [1.29, 1.82) is 0 Å². The molecule has 0 radical (unpaired) electrons. The Kier molecular flexibility index (Phi) is 43.8. The number of nitrogens with one attached hydrogen (secondary N) is 1. The summed E-state index contributed by atoms with van der Waals surface area (Å²) in [7, 11) is 0.